The summed E-state index contributed by atoms with van der Waals surface area (Å²) < 4.78 is 0. The predicted molar refractivity (Wildman–Crippen MR) is 36.3 cm³/mol. The molecule has 0 saturated carbocycles. The second-order valence-electron chi connectivity index (χ2n) is 2.28. The maximum atomic E-state index is 9.16. The molecule has 4 heteroatoms. The number of nitrogens with one attached hydrogen (secondary N) is 2. The van der Waals surface area contributed by atoms with E-state index in [1.54, 1.807) is 0 Å². The molecule has 9 heavy (non-hydrogen) atoms. The van der Waals surface area contributed by atoms with E-state index in [4.69, 9.17) is 16.9 Å². The summed E-state index contributed by atoms with van der Waals surface area (Å²) in [7, 11) is 0. The van der Waals surface area contributed by atoms with Gasteiger partial charge in [-0.3, -0.25) is 0 Å². The van der Waals surface area contributed by atoms with E-state index in [2.05, 4.69) is 10.2 Å². The van der Waals surface area contributed by atoms with Crippen LogP contribution in [0.15, 0.2) is 0 Å². The van der Waals surface area contributed by atoms with Crippen LogP contribution in [0.25, 0.3) is 0 Å². The van der Waals surface area contributed by atoms with Crippen LogP contribution < -0.4 is 10.2 Å². The SMILES string of the molecule is O[C@@H]1CNCC[C@H]1NCl. The first-order valence-corrected chi connectivity index (χ1v) is 3.47. The van der Waals surface area contributed by atoms with E-state index in [0.29, 0.717) is 6.54 Å². The molecule has 1 rings (SSSR count). The van der Waals surface area contributed by atoms with Crippen molar-refractivity contribution in [2.75, 3.05) is 13.1 Å². The second-order valence-corrected chi connectivity index (χ2v) is 2.49. The van der Waals surface area contributed by atoms with E-state index in [-0.39, 0.29) is 12.1 Å². The van der Waals surface area contributed by atoms with Crippen LogP contribution in [-0.2, 0) is 0 Å². The topological polar surface area (TPSA) is 44.3 Å². The van der Waals surface area contributed by atoms with E-state index in [0.717, 1.165) is 13.0 Å². The molecule has 3 nitrogen and oxygen atoms in total. The summed E-state index contributed by atoms with van der Waals surface area (Å²) in [5.41, 5.74) is 0. The molecule has 0 bridgehead atoms. The zero-order chi connectivity index (χ0) is 6.69. The summed E-state index contributed by atoms with van der Waals surface area (Å²) in [6, 6.07) is 0.0629. The average molecular weight is 151 g/mol. The normalized spacial score (nSPS) is 36.7. The zero-order valence-electron chi connectivity index (χ0n) is 5.10. The molecule has 0 aromatic rings. The van der Waals surface area contributed by atoms with Crippen LogP contribution in [0.2, 0.25) is 0 Å². The van der Waals surface area contributed by atoms with Gasteiger partial charge in [-0.1, -0.05) is 0 Å². The molecular formula is C5H11ClN2O. The van der Waals surface area contributed by atoms with Crippen molar-refractivity contribution in [2.45, 2.75) is 18.6 Å². The molecule has 0 aliphatic carbocycles. The largest absolute Gasteiger partial charge is 0.390 e. The monoisotopic (exact) mass is 150 g/mol. The van der Waals surface area contributed by atoms with Gasteiger partial charge in [-0.25, -0.2) is 4.84 Å². The van der Waals surface area contributed by atoms with Gasteiger partial charge in [-0.05, 0) is 24.7 Å². The van der Waals surface area contributed by atoms with Crippen LogP contribution in [0.5, 0.6) is 0 Å². The lowest BCUT2D eigenvalue weighted by molar-refractivity contribution is 0.114. The average Bonchev–Trinajstić information content (AvgIpc) is 1.89. The van der Waals surface area contributed by atoms with Gasteiger partial charge >= 0.3 is 0 Å². The molecule has 0 aromatic heterocycles. The second kappa shape index (κ2) is 3.37. The molecule has 3 N–H and O–H groups in total. The van der Waals surface area contributed by atoms with Gasteiger partial charge in [0, 0.05) is 6.54 Å². The Bertz CT molecular complexity index is 91.0. The van der Waals surface area contributed by atoms with Crippen LogP contribution in [0.3, 0.4) is 0 Å². The Kier molecular flexibility index (Phi) is 2.72. The minimum Gasteiger partial charge on any atom is -0.390 e. The quantitative estimate of drug-likeness (QED) is 0.440. The zero-order valence-corrected chi connectivity index (χ0v) is 5.86. The van der Waals surface area contributed by atoms with Crippen molar-refractivity contribution in [3.8, 4) is 0 Å². The maximum absolute atomic E-state index is 9.16. The molecule has 54 valence electrons. The third-order valence-corrected chi connectivity index (χ3v) is 1.87. The number of halogens is 1. The van der Waals surface area contributed by atoms with Gasteiger partial charge in [0.1, 0.15) is 0 Å². The van der Waals surface area contributed by atoms with Gasteiger partial charge in [-0.2, -0.15) is 0 Å². The Hall–Kier alpha value is 0.170. The van der Waals surface area contributed by atoms with Gasteiger partial charge in [0.15, 0.2) is 0 Å². The highest BCUT2D eigenvalue weighted by Gasteiger charge is 2.20. The Morgan fingerprint density at radius 2 is 2.44 bits per heavy atom. The van der Waals surface area contributed by atoms with Crippen LogP contribution in [0, 0.1) is 0 Å². The third-order valence-electron chi connectivity index (χ3n) is 1.59. The predicted octanol–water partition coefficient (Wildman–Crippen LogP) is -0.547. The number of piperidine rings is 1. The molecule has 1 fully saturated rings. The van der Waals surface area contributed by atoms with E-state index < -0.39 is 0 Å². The minimum atomic E-state index is -0.337. The van der Waals surface area contributed by atoms with E-state index >= 15 is 0 Å². The number of hydrogen-bond donors (Lipinski definition) is 3. The Balaban J connectivity index is 2.30. The summed E-state index contributed by atoms with van der Waals surface area (Å²) >= 11 is 5.34. The minimum absolute atomic E-state index is 0.0629. The molecule has 0 unspecified atom stereocenters. The fourth-order valence-electron chi connectivity index (χ4n) is 0.969. The van der Waals surface area contributed by atoms with Crippen molar-refractivity contribution >= 4 is 11.8 Å². The van der Waals surface area contributed by atoms with Gasteiger partial charge < -0.3 is 10.4 Å². The van der Waals surface area contributed by atoms with Crippen LogP contribution >= 0.6 is 11.8 Å². The van der Waals surface area contributed by atoms with E-state index in [1.165, 1.54) is 0 Å². The highest BCUT2D eigenvalue weighted by molar-refractivity contribution is 6.13. The third kappa shape index (κ3) is 1.79. The highest BCUT2D eigenvalue weighted by atomic mass is 35.5. The molecule has 1 aliphatic heterocycles. The maximum Gasteiger partial charge on any atom is 0.0830 e. The van der Waals surface area contributed by atoms with Gasteiger partial charge in [-0.15, -0.1) is 0 Å². The fourth-order valence-corrected chi connectivity index (χ4v) is 1.22. The highest BCUT2D eigenvalue weighted by Crippen LogP contribution is 2.03. The van der Waals surface area contributed by atoms with Gasteiger partial charge in [0.2, 0.25) is 0 Å². The molecule has 1 heterocycles. The molecule has 1 aliphatic rings. The summed E-state index contributed by atoms with van der Waals surface area (Å²) in [5, 5.41) is 12.2. The smallest absolute Gasteiger partial charge is 0.0830 e. The van der Waals surface area contributed by atoms with Crippen molar-refractivity contribution in [3.05, 3.63) is 0 Å². The molecule has 0 amide bonds. The number of rotatable bonds is 1. The molecule has 0 spiro atoms. The van der Waals surface area contributed by atoms with Crippen molar-refractivity contribution in [1.29, 1.82) is 0 Å². The van der Waals surface area contributed by atoms with Gasteiger partial charge in [0.05, 0.1) is 12.1 Å². The first-order valence-electron chi connectivity index (χ1n) is 3.09. The van der Waals surface area contributed by atoms with Crippen molar-refractivity contribution in [1.82, 2.24) is 10.2 Å². The van der Waals surface area contributed by atoms with Crippen molar-refractivity contribution in [2.24, 2.45) is 0 Å². The molecule has 2 atom stereocenters. The lowest BCUT2D eigenvalue weighted by Gasteiger charge is -2.26. The van der Waals surface area contributed by atoms with Crippen LogP contribution in [-0.4, -0.2) is 30.3 Å². The first kappa shape index (κ1) is 7.28. The lowest BCUT2D eigenvalue weighted by Crippen LogP contribution is -2.48. The number of β-amino-alcohol motifs (C(OH)–C–C–N with tert-alkyl or cyclic N) is 1. The standard InChI is InChI=1S/C5H11ClN2O/c6-8-4-1-2-7-3-5(4)9/h4-5,7-9H,1-3H2/t4-,5-/m1/s1. The van der Waals surface area contributed by atoms with Crippen LogP contribution in [0.1, 0.15) is 6.42 Å². The Morgan fingerprint density at radius 1 is 1.67 bits per heavy atom. The van der Waals surface area contributed by atoms with Crippen LogP contribution in [0.4, 0.5) is 0 Å². The summed E-state index contributed by atoms with van der Waals surface area (Å²) in [4.78, 5) is 2.54. The van der Waals surface area contributed by atoms with E-state index in [9.17, 15) is 0 Å². The number of aliphatic hydroxyl groups is 1. The Morgan fingerprint density at radius 3 is 2.89 bits per heavy atom. The summed E-state index contributed by atoms with van der Waals surface area (Å²) in [5.74, 6) is 0. The number of hydrogen-bond acceptors (Lipinski definition) is 3. The summed E-state index contributed by atoms with van der Waals surface area (Å²) in [6.07, 6.45) is 0.557. The lowest BCUT2D eigenvalue weighted by atomic mass is 10.1. The molecule has 1 saturated heterocycles. The van der Waals surface area contributed by atoms with Crippen molar-refractivity contribution in [3.63, 3.8) is 0 Å². The van der Waals surface area contributed by atoms with Gasteiger partial charge in [0.25, 0.3) is 0 Å². The first-order chi connectivity index (χ1) is 4.34. The molecular weight excluding hydrogens is 140 g/mol. The summed E-state index contributed by atoms with van der Waals surface area (Å²) in [6.45, 7) is 1.58. The Labute approximate surface area is 59.5 Å². The molecule has 0 radical (unpaired) electrons. The number of aliphatic hydroxyl groups excluding tert-OH is 1. The fraction of sp³-hybridized carbons (Fsp3) is 1.00. The van der Waals surface area contributed by atoms with Crippen molar-refractivity contribution < 1.29 is 5.11 Å². The molecule has 0 aromatic carbocycles. The van der Waals surface area contributed by atoms with E-state index in [1.807, 2.05) is 0 Å².